The van der Waals surface area contributed by atoms with E-state index in [0.717, 1.165) is 5.39 Å². The Kier molecular flexibility index (Phi) is 4.38. The van der Waals surface area contributed by atoms with Crippen molar-refractivity contribution in [2.45, 2.75) is 12.5 Å². The second kappa shape index (κ2) is 6.02. The van der Waals surface area contributed by atoms with Crippen LogP contribution in [0.25, 0.3) is 11.0 Å². The van der Waals surface area contributed by atoms with Gasteiger partial charge in [0, 0.05) is 29.3 Å². The molecule has 0 saturated heterocycles. The molecule has 2 rings (SSSR count). The van der Waals surface area contributed by atoms with E-state index in [1.165, 1.54) is 6.07 Å². The van der Waals surface area contributed by atoms with E-state index in [1.54, 1.807) is 12.1 Å². The van der Waals surface area contributed by atoms with Gasteiger partial charge in [0.05, 0.1) is 12.7 Å². The number of fused-ring (bicyclic) bond motifs is 1. The molecule has 1 N–H and O–H groups in total. The molecule has 1 aromatic heterocycles. The molecule has 1 aromatic carbocycles. The Balaban J connectivity index is 2.07. The molecule has 0 amide bonds. The number of aliphatic hydroxyl groups excluding tert-OH is 1. The van der Waals surface area contributed by atoms with Crippen LogP contribution in [0.5, 0.6) is 5.75 Å². The molecule has 0 aliphatic rings. The van der Waals surface area contributed by atoms with Crippen LogP contribution in [0.1, 0.15) is 6.42 Å². The fourth-order valence-electron chi connectivity index (χ4n) is 1.52. The SMILES string of the molecule is O=c1ccc2ccc(OCC[C@H](O)CBr)cc2o1. The number of hydrogen-bond acceptors (Lipinski definition) is 4. The van der Waals surface area contributed by atoms with Crippen molar-refractivity contribution < 1.29 is 14.3 Å². The molecular formula is C13H13BrO4. The summed E-state index contributed by atoms with van der Waals surface area (Å²) >= 11 is 3.19. The van der Waals surface area contributed by atoms with Crippen LogP contribution >= 0.6 is 15.9 Å². The lowest BCUT2D eigenvalue weighted by Gasteiger charge is -2.09. The molecule has 2 aromatic rings. The molecule has 96 valence electrons. The molecule has 0 aliphatic heterocycles. The van der Waals surface area contributed by atoms with Crippen LogP contribution in [0.2, 0.25) is 0 Å². The average Bonchev–Trinajstić information content (AvgIpc) is 2.38. The van der Waals surface area contributed by atoms with E-state index in [-0.39, 0.29) is 5.63 Å². The molecule has 0 unspecified atom stereocenters. The standard InChI is InChI=1S/C13H13BrO4/c14-8-10(15)5-6-17-11-3-1-9-2-4-13(16)18-12(9)7-11/h1-4,7,10,15H,5-6,8H2/t10-/m0/s1. The summed E-state index contributed by atoms with van der Waals surface area (Å²) in [6.07, 6.45) is 0.130. The largest absolute Gasteiger partial charge is 0.493 e. The number of halogens is 1. The Labute approximate surface area is 112 Å². The summed E-state index contributed by atoms with van der Waals surface area (Å²) in [7, 11) is 0. The maximum Gasteiger partial charge on any atom is 0.336 e. The third-order valence-corrected chi connectivity index (χ3v) is 3.24. The van der Waals surface area contributed by atoms with Crippen molar-refractivity contribution in [3.63, 3.8) is 0 Å². The first-order valence-electron chi connectivity index (χ1n) is 5.60. The van der Waals surface area contributed by atoms with Crippen LogP contribution in [0.15, 0.2) is 39.5 Å². The maximum absolute atomic E-state index is 11.1. The fourth-order valence-corrected chi connectivity index (χ4v) is 1.84. The highest BCUT2D eigenvalue weighted by Crippen LogP contribution is 2.19. The highest BCUT2D eigenvalue weighted by atomic mass is 79.9. The van der Waals surface area contributed by atoms with Crippen molar-refractivity contribution in [1.82, 2.24) is 0 Å². The van der Waals surface area contributed by atoms with E-state index in [0.29, 0.717) is 29.7 Å². The summed E-state index contributed by atoms with van der Waals surface area (Å²) in [6, 6.07) is 8.41. The molecule has 0 radical (unpaired) electrons. The van der Waals surface area contributed by atoms with Gasteiger partial charge in [-0.15, -0.1) is 0 Å². The monoisotopic (exact) mass is 312 g/mol. The smallest absolute Gasteiger partial charge is 0.336 e. The minimum atomic E-state index is -0.414. The summed E-state index contributed by atoms with van der Waals surface area (Å²) in [5, 5.41) is 10.7. The van der Waals surface area contributed by atoms with Gasteiger partial charge in [-0.1, -0.05) is 15.9 Å². The minimum Gasteiger partial charge on any atom is -0.493 e. The second-order valence-corrected chi connectivity index (χ2v) is 4.55. The van der Waals surface area contributed by atoms with Crippen molar-refractivity contribution in [2.24, 2.45) is 0 Å². The summed E-state index contributed by atoms with van der Waals surface area (Å²) in [5.74, 6) is 0.624. The lowest BCUT2D eigenvalue weighted by Crippen LogP contribution is -2.12. The molecular weight excluding hydrogens is 300 g/mol. The molecule has 1 heterocycles. The fraction of sp³-hybridized carbons (Fsp3) is 0.308. The van der Waals surface area contributed by atoms with Gasteiger partial charge in [0.15, 0.2) is 0 Å². The van der Waals surface area contributed by atoms with Crippen molar-refractivity contribution >= 4 is 26.9 Å². The van der Waals surface area contributed by atoms with Crippen molar-refractivity contribution in [3.05, 3.63) is 40.8 Å². The number of aliphatic hydroxyl groups is 1. The maximum atomic E-state index is 11.1. The van der Waals surface area contributed by atoms with Crippen LogP contribution < -0.4 is 10.4 Å². The Bertz CT molecular complexity index is 578. The van der Waals surface area contributed by atoms with Gasteiger partial charge in [-0.05, 0) is 18.2 Å². The van der Waals surface area contributed by atoms with Gasteiger partial charge in [0.25, 0.3) is 0 Å². The average molecular weight is 313 g/mol. The van der Waals surface area contributed by atoms with E-state index in [4.69, 9.17) is 9.15 Å². The zero-order valence-corrected chi connectivity index (χ0v) is 11.2. The van der Waals surface area contributed by atoms with Gasteiger partial charge < -0.3 is 14.3 Å². The van der Waals surface area contributed by atoms with Gasteiger partial charge in [-0.2, -0.15) is 0 Å². The molecule has 4 nitrogen and oxygen atoms in total. The van der Waals surface area contributed by atoms with Crippen LogP contribution in [0, 0.1) is 0 Å². The summed E-state index contributed by atoms with van der Waals surface area (Å²) in [5.41, 5.74) is 0.121. The zero-order valence-electron chi connectivity index (χ0n) is 9.64. The van der Waals surface area contributed by atoms with Crippen LogP contribution in [0.4, 0.5) is 0 Å². The van der Waals surface area contributed by atoms with Crippen LogP contribution in [-0.2, 0) is 0 Å². The number of hydrogen-bond donors (Lipinski definition) is 1. The van der Waals surface area contributed by atoms with Gasteiger partial charge in [0.1, 0.15) is 11.3 Å². The molecule has 1 atom stereocenters. The number of alkyl halides is 1. The minimum absolute atomic E-state index is 0.380. The van der Waals surface area contributed by atoms with Gasteiger partial charge >= 0.3 is 5.63 Å². The molecule has 0 bridgehead atoms. The van der Waals surface area contributed by atoms with Gasteiger partial charge in [-0.3, -0.25) is 0 Å². The first-order chi connectivity index (χ1) is 8.69. The van der Waals surface area contributed by atoms with Crippen molar-refractivity contribution in [1.29, 1.82) is 0 Å². The zero-order chi connectivity index (χ0) is 13.0. The van der Waals surface area contributed by atoms with Gasteiger partial charge in [0.2, 0.25) is 0 Å². The van der Waals surface area contributed by atoms with E-state index < -0.39 is 6.10 Å². The normalized spacial score (nSPS) is 12.6. The van der Waals surface area contributed by atoms with E-state index in [2.05, 4.69) is 15.9 Å². The van der Waals surface area contributed by atoms with Crippen molar-refractivity contribution in [3.8, 4) is 5.75 Å². The number of benzene rings is 1. The molecule has 5 heteroatoms. The van der Waals surface area contributed by atoms with E-state index in [9.17, 15) is 9.90 Å². The highest BCUT2D eigenvalue weighted by molar-refractivity contribution is 9.09. The predicted octanol–water partition coefficient (Wildman–Crippen LogP) is 2.32. The van der Waals surface area contributed by atoms with E-state index >= 15 is 0 Å². The second-order valence-electron chi connectivity index (χ2n) is 3.90. The first-order valence-corrected chi connectivity index (χ1v) is 6.72. The lowest BCUT2D eigenvalue weighted by atomic mass is 10.2. The molecule has 0 saturated carbocycles. The molecule has 0 fully saturated rings. The summed E-state index contributed by atoms with van der Waals surface area (Å²) in [4.78, 5) is 11.1. The Hall–Kier alpha value is -1.33. The predicted molar refractivity (Wildman–Crippen MR) is 72.4 cm³/mol. The van der Waals surface area contributed by atoms with Crippen LogP contribution in [0.3, 0.4) is 0 Å². The number of ether oxygens (including phenoxy) is 1. The number of rotatable bonds is 5. The van der Waals surface area contributed by atoms with Gasteiger partial charge in [-0.25, -0.2) is 4.79 Å². The Morgan fingerprint density at radius 3 is 2.89 bits per heavy atom. The molecule has 0 aliphatic carbocycles. The Morgan fingerprint density at radius 1 is 1.33 bits per heavy atom. The summed E-state index contributed by atoms with van der Waals surface area (Å²) in [6.45, 7) is 0.412. The quantitative estimate of drug-likeness (QED) is 0.680. The summed E-state index contributed by atoms with van der Waals surface area (Å²) < 4.78 is 10.5. The third kappa shape index (κ3) is 3.34. The van der Waals surface area contributed by atoms with Crippen LogP contribution in [-0.4, -0.2) is 23.1 Å². The topological polar surface area (TPSA) is 59.7 Å². The third-order valence-electron chi connectivity index (χ3n) is 2.49. The van der Waals surface area contributed by atoms with E-state index in [1.807, 2.05) is 12.1 Å². The Morgan fingerprint density at radius 2 is 2.11 bits per heavy atom. The lowest BCUT2D eigenvalue weighted by molar-refractivity contribution is 0.160. The molecule has 0 spiro atoms. The first kappa shape index (κ1) is 13.1. The highest BCUT2D eigenvalue weighted by Gasteiger charge is 2.03. The van der Waals surface area contributed by atoms with Crippen molar-refractivity contribution in [2.75, 3.05) is 11.9 Å². The molecule has 18 heavy (non-hydrogen) atoms.